The fourth-order valence-corrected chi connectivity index (χ4v) is 1.48. The van der Waals surface area contributed by atoms with Crippen molar-refractivity contribution in [3.63, 3.8) is 0 Å². The van der Waals surface area contributed by atoms with Gasteiger partial charge in [-0.15, -0.1) is 0 Å². The van der Waals surface area contributed by atoms with Gasteiger partial charge in [0.2, 0.25) is 0 Å². The number of likely N-dealkylation sites (N-methyl/N-ethyl adjacent to an activating group) is 1. The number of nitrogens with one attached hydrogen (secondary N) is 1. The quantitative estimate of drug-likeness (QED) is 0.637. The molecule has 1 atom stereocenters. The lowest BCUT2D eigenvalue weighted by Gasteiger charge is -2.04. The van der Waals surface area contributed by atoms with Crippen LogP contribution in [0.3, 0.4) is 0 Å². The number of carbonyl (C=O) groups is 1. The Morgan fingerprint density at radius 1 is 1.32 bits per heavy atom. The number of aryl methyl sites for hydroxylation is 1. The molecular formula is C12H19NO5S. The first-order valence-corrected chi connectivity index (χ1v) is 6.95. The Labute approximate surface area is 113 Å². The molecule has 0 heterocycles. The van der Waals surface area contributed by atoms with Crippen LogP contribution in [0.2, 0.25) is 0 Å². The molecule has 0 bridgehead atoms. The van der Waals surface area contributed by atoms with Gasteiger partial charge in [0.25, 0.3) is 10.1 Å². The number of methoxy groups -OCH3 is 1. The van der Waals surface area contributed by atoms with Crippen molar-refractivity contribution in [1.29, 1.82) is 0 Å². The Morgan fingerprint density at radius 3 is 2.05 bits per heavy atom. The molecule has 0 spiro atoms. The van der Waals surface area contributed by atoms with Crippen molar-refractivity contribution in [3.05, 3.63) is 29.8 Å². The molecule has 0 aliphatic carbocycles. The van der Waals surface area contributed by atoms with Gasteiger partial charge in [-0.3, -0.25) is 9.35 Å². The highest BCUT2D eigenvalue weighted by molar-refractivity contribution is 7.85. The van der Waals surface area contributed by atoms with Crippen LogP contribution in [-0.4, -0.2) is 39.1 Å². The predicted molar refractivity (Wildman–Crippen MR) is 71.5 cm³/mol. The van der Waals surface area contributed by atoms with E-state index in [2.05, 4.69) is 10.1 Å². The number of hydrogen-bond acceptors (Lipinski definition) is 5. The highest BCUT2D eigenvalue weighted by Crippen LogP contribution is 2.08. The topological polar surface area (TPSA) is 92.7 Å². The van der Waals surface area contributed by atoms with Crippen molar-refractivity contribution in [2.45, 2.75) is 24.8 Å². The molecule has 19 heavy (non-hydrogen) atoms. The van der Waals surface area contributed by atoms with Gasteiger partial charge in [-0.05, 0) is 33.0 Å². The van der Waals surface area contributed by atoms with Crippen LogP contribution in [-0.2, 0) is 19.6 Å². The van der Waals surface area contributed by atoms with Crippen molar-refractivity contribution < 1.29 is 22.5 Å². The minimum absolute atomic E-state index is 0.0666. The third kappa shape index (κ3) is 6.90. The summed E-state index contributed by atoms with van der Waals surface area (Å²) in [5.41, 5.74) is 0.956. The summed E-state index contributed by atoms with van der Waals surface area (Å²) in [6.07, 6.45) is 0. The Bertz CT molecular complexity index is 495. The molecule has 0 saturated heterocycles. The average Bonchev–Trinajstić information content (AvgIpc) is 2.37. The maximum absolute atomic E-state index is 10.5. The first-order chi connectivity index (χ1) is 8.72. The van der Waals surface area contributed by atoms with Crippen LogP contribution in [0.5, 0.6) is 0 Å². The molecule has 6 nitrogen and oxygen atoms in total. The number of esters is 1. The summed E-state index contributed by atoms with van der Waals surface area (Å²) < 4.78 is 34.0. The molecule has 0 aliphatic rings. The van der Waals surface area contributed by atoms with Gasteiger partial charge in [0.15, 0.2) is 0 Å². The lowest BCUT2D eigenvalue weighted by Crippen LogP contribution is -2.31. The summed E-state index contributed by atoms with van der Waals surface area (Å²) in [4.78, 5) is 10.4. The summed E-state index contributed by atoms with van der Waals surface area (Å²) in [6.45, 7) is 3.58. The van der Waals surface area contributed by atoms with Crippen molar-refractivity contribution >= 4 is 16.1 Å². The minimum atomic E-state index is -4.02. The highest BCUT2D eigenvalue weighted by Gasteiger charge is 2.08. The fourth-order valence-electron chi connectivity index (χ4n) is 1.00. The molecule has 0 amide bonds. The van der Waals surface area contributed by atoms with E-state index >= 15 is 0 Å². The largest absolute Gasteiger partial charge is 0.468 e. The predicted octanol–water partition coefficient (Wildman–Crippen LogP) is 1.01. The van der Waals surface area contributed by atoms with Crippen molar-refractivity contribution in [2.75, 3.05) is 14.2 Å². The molecule has 0 radical (unpaired) electrons. The first kappa shape index (κ1) is 17.6. The van der Waals surface area contributed by atoms with Crippen LogP contribution in [0, 0.1) is 6.92 Å². The van der Waals surface area contributed by atoms with E-state index in [4.69, 9.17) is 4.55 Å². The lowest BCUT2D eigenvalue weighted by atomic mass is 10.2. The second-order valence-corrected chi connectivity index (χ2v) is 5.24. The van der Waals surface area contributed by atoms with E-state index in [1.165, 1.54) is 19.2 Å². The maximum Gasteiger partial charge on any atom is 0.322 e. The number of ether oxygens (including phenoxy) is 1. The van der Waals surface area contributed by atoms with Gasteiger partial charge < -0.3 is 10.1 Å². The van der Waals surface area contributed by atoms with E-state index in [0.29, 0.717) is 0 Å². The van der Waals surface area contributed by atoms with E-state index in [1.807, 2.05) is 6.92 Å². The Kier molecular flexibility index (Phi) is 7.28. The Morgan fingerprint density at radius 2 is 1.79 bits per heavy atom. The van der Waals surface area contributed by atoms with Crippen molar-refractivity contribution in [2.24, 2.45) is 0 Å². The normalized spacial score (nSPS) is 12.1. The third-order valence-corrected chi connectivity index (χ3v) is 3.17. The zero-order chi connectivity index (χ0) is 15.1. The monoisotopic (exact) mass is 289 g/mol. The van der Waals surface area contributed by atoms with Crippen molar-refractivity contribution in [3.8, 4) is 0 Å². The fraction of sp³-hybridized carbons (Fsp3) is 0.417. The zero-order valence-corrected chi connectivity index (χ0v) is 12.2. The van der Waals surface area contributed by atoms with Crippen molar-refractivity contribution in [1.82, 2.24) is 5.32 Å². The summed E-state index contributed by atoms with van der Waals surface area (Å²) in [5.74, 6) is -0.229. The van der Waals surface area contributed by atoms with E-state index in [0.717, 1.165) is 5.56 Å². The maximum atomic E-state index is 10.5. The molecule has 108 valence electrons. The van der Waals surface area contributed by atoms with Gasteiger partial charge in [-0.25, -0.2) is 0 Å². The molecule has 7 heteroatoms. The molecular weight excluding hydrogens is 270 g/mol. The number of hydrogen-bond donors (Lipinski definition) is 2. The van der Waals surface area contributed by atoms with Gasteiger partial charge in [-0.2, -0.15) is 8.42 Å². The third-order valence-electron chi connectivity index (χ3n) is 2.31. The van der Waals surface area contributed by atoms with Crippen LogP contribution in [0.1, 0.15) is 12.5 Å². The second kappa shape index (κ2) is 7.88. The van der Waals surface area contributed by atoms with Gasteiger partial charge >= 0.3 is 5.97 Å². The van der Waals surface area contributed by atoms with Crippen LogP contribution in [0.4, 0.5) is 0 Å². The zero-order valence-electron chi connectivity index (χ0n) is 11.4. The highest BCUT2D eigenvalue weighted by atomic mass is 32.2. The summed E-state index contributed by atoms with van der Waals surface area (Å²) in [7, 11) is -0.938. The number of benzene rings is 1. The van der Waals surface area contributed by atoms with Gasteiger partial charge in [-0.1, -0.05) is 17.7 Å². The first-order valence-electron chi connectivity index (χ1n) is 5.51. The molecule has 0 aliphatic heterocycles. The van der Waals surface area contributed by atoms with Crippen LogP contribution in [0.25, 0.3) is 0 Å². The van der Waals surface area contributed by atoms with E-state index in [-0.39, 0.29) is 16.9 Å². The molecule has 0 unspecified atom stereocenters. The van der Waals surface area contributed by atoms with E-state index in [9.17, 15) is 13.2 Å². The number of rotatable bonds is 3. The molecule has 0 fully saturated rings. The van der Waals surface area contributed by atoms with Crippen LogP contribution in [0.15, 0.2) is 29.2 Å². The number of carbonyl (C=O) groups excluding carboxylic acids is 1. The van der Waals surface area contributed by atoms with Crippen LogP contribution >= 0.6 is 0 Å². The molecule has 2 N–H and O–H groups in total. The van der Waals surface area contributed by atoms with Gasteiger partial charge in [0.05, 0.1) is 12.0 Å². The molecule has 1 rings (SSSR count). The Hall–Kier alpha value is -1.44. The van der Waals surface area contributed by atoms with Gasteiger partial charge in [0, 0.05) is 0 Å². The minimum Gasteiger partial charge on any atom is -0.468 e. The average molecular weight is 289 g/mol. The van der Waals surface area contributed by atoms with E-state index < -0.39 is 10.1 Å². The SMILES string of the molecule is CN[C@@H](C)C(=O)OC.Cc1ccc(S(=O)(=O)O)cc1. The van der Waals surface area contributed by atoms with Gasteiger partial charge in [0.1, 0.15) is 6.04 Å². The van der Waals surface area contributed by atoms with E-state index in [1.54, 1.807) is 26.1 Å². The molecule has 1 aromatic carbocycles. The molecule has 0 saturated carbocycles. The summed E-state index contributed by atoms with van der Waals surface area (Å²) >= 11 is 0. The molecule has 1 aromatic rings. The Balaban J connectivity index is 0.000000362. The smallest absolute Gasteiger partial charge is 0.322 e. The summed E-state index contributed by atoms with van der Waals surface area (Å²) in [5, 5.41) is 2.74. The standard InChI is InChI=1S/C7H8O3S.C5H11NO2/c1-6-2-4-7(5-3-6)11(8,9)10;1-4(6-2)5(7)8-3/h2-5H,1H3,(H,8,9,10);4,6H,1-3H3/t;4-/m.0/s1. The summed E-state index contributed by atoms with van der Waals surface area (Å²) in [6, 6.07) is 5.79. The second-order valence-electron chi connectivity index (χ2n) is 3.82. The lowest BCUT2D eigenvalue weighted by molar-refractivity contribution is -0.142. The van der Waals surface area contributed by atoms with Crippen LogP contribution < -0.4 is 5.32 Å². The molecule has 0 aromatic heterocycles.